The van der Waals surface area contributed by atoms with Crippen molar-refractivity contribution in [2.24, 2.45) is 0 Å². The third-order valence-corrected chi connectivity index (χ3v) is 2.28. The number of thiol groups is 1. The molecule has 70 valence electrons. The van der Waals surface area contributed by atoms with Crippen LogP contribution in [0.3, 0.4) is 0 Å². The first-order valence-corrected chi connectivity index (χ1v) is 4.26. The van der Waals surface area contributed by atoms with E-state index in [2.05, 4.69) is 18.2 Å². The minimum Gasteiger partial charge on any atom is -0.347 e. The molecule has 4 nitrogen and oxygen atoms in total. The number of nitrogens with one attached hydrogen (secondary N) is 1. The fourth-order valence-electron chi connectivity index (χ4n) is 1.28. The molecule has 12 heavy (non-hydrogen) atoms. The van der Waals surface area contributed by atoms with Crippen LogP contribution < -0.4 is 5.32 Å². The van der Waals surface area contributed by atoms with E-state index < -0.39 is 0 Å². The molecule has 1 N–H and O–H groups in total. The molecule has 2 atom stereocenters. The van der Waals surface area contributed by atoms with Gasteiger partial charge in [-0.05, 0) is 12.9 Å². The minimum atomic E-state index is -0.0999. The van der Waals surface area contributed by atoms with Crippen LogP contribution in [0, 0.1) is 0 Å². The average Bonchev–Trinajstić information content (AvgIpc) is 2.50. The van der Waals surface area contributed by atoms with Crippen molar-refractivity contribution in [2.45, 2.75) is 18.6 Å². The van der Waals surface area contributed by atoms with Crippen LogP contribution in [-0.2, 0) is 8.98 Å². The summed E-state index contributed by atoms with van der Waals surface area (Å²) in [5, 5.41) is 3.07. The van der Waals surface area contributed by atoms with Gasteiger partial charge in [-0.15, -0.1) is 0 Å². The third-order valence-electron chi connectivity index (χ3n) is 1.98. The van der Waals surface area contributed by atoms with Gasteiger partial charge in [0.1, 0.15) is 0 Å². The molecule has 1 saturated heterocycles. The fraction of sp³-hybridized carbons (Fsp3) is 0.857. The second kappa shape index (κ2) is 4.11. The zero-order chi connectivity index (χ0) is 9.14. The molecule has 1 heterocycles. The molecule has 0 aliphatic carbocycles. The maximum Gasteiger partial charge on any atom is 0.239 e. The van der Waals surface area contributed by atoms with E-state index in [1.54, 1.807) is 19.0 Å². The molecule has 0 aromatic rings. The van der Waals surface area contributed by atoms with E-state index >= 15 is 0 Å². The Labute approximate surface area is 77.9 Å². The number of hydrogen-bond acceptors (Lipinski definition) is 4. The molecule has 1 rings (SSSR count). The summed E-state index contributed by atoms with van der Waals surface area (Å²) in [7, 11) is 3.50. The van der Waals surface area contributed by atoms with Crippen molar-refractivity contribution < 1.29 is 8.98 Å². The summed E-state index contributed by atoms with van der Waals surface area (Å²) < 4.78 is 4.83. The van der Waals surface area contributed by atoms with E-state index in [4.69, 9.17) is 4.18 Å². The van der Waals surface area contributed by atoms with Crippen LogP contribution >= 0.6 is 12.9 Å². The SMILES string of the molecule is CN(C)C(=O)[C@H]1C[C@H](OS)CN1. The molecule has 0 saturated carbocycles. The summed E-state index contributed by atoms with van der Waals surface area (Å²) in [5.41, 5.74) is 0. The lowest BCUT2D eigenvalue weighted by molar-refractivity contribution is -0.130. The van der Waals surface area contributed by atoms with Crippen LogP contribution in [0.15, 0.2) is 0 Å². The van der Waals surface area contributed by atoms with Gasteiger partial charge in [-0.1, -0.05) is 0 Å². The summed E-state index contributed by atoms with van der Waals surface area (Å²) in [5.74, 6) is 0.0999. The Balaban J connectivity index is 2.41. The molecular weight excluding hydrogens is 176 g/mol. The number of rotatable bonds is 2. The Morgan fingerprint density at radius 3 is 2.75 bits per heavy atom. The van der Waals surface area contributed by atoms with Crippen LogP contribution in [0.1, 0.15) is 6.42 Å². The van der Waals surface area contributed by atoms with Gasteiger partial charge in [-0.3, -0.25) is 4.79 Å². The van der Waals surface area contributed by atoms with Crippen molar-refractivity contribution >= 4 is 18.8 Å². The molecule has 1 aliphatic rings. The van der Waals surface area contributed by atoms with Crippen LogP contribution in [0.2, 0.25) is 0 Å². The van der Waals surface area contributed by atoms with Crippen LogP contribution in [0.4, 0.5) is 0 Å². The smallest absolute Gasteiger partial charge is 0.239 e. The van der Waals surface area contributed by atoms with Gasteiger partial charge in [-0.2, -0.15) is 0 Å². The average molecular weight is 190 g/mol. The highest BCUT2D eigenvalue weighted by atomic mass is 32.1. The summed E-state index contributed by atoms with van der Waals surface area (Å²) in [4.78, 5) is 13.0. The molecule has 0 unspecified atom stereocenters. The van der Waals surface area contributed by atoms with Crippen LogP contribution in [0.5, 0.6) is 0 Å². The molecule has 0 radical (unpaired) electrons. The van der Waals surface area contributed by atoms with Crippen molar-refractivity contribution in [2.75, 3.05) is 20.6 Å². The zero-order valence-electron chi connectivity index (χ0n) is 7.28. The summed E-state index contributed by atoms with van der Waals surface area (Å²) in [6.45, 7) is 0.702. The summed E-state index contributed by atoms with van der Waals surface area (Å²) in [6, 6.07) is -0.0999. The number of carbonyl (C=O) groups is 1. The van der Waals surface area contributed by atoms with E-state index in [1.807, 2.05) is 0 Å². The second-order valence-corrected chi connectivity index (χ2v) is 3.37. The molecule has 1 aliphatic heterocycles. The standard InChI is InChI=1S/C7H14N2O2S/c1-9(2)7(10)6-3-5(11-12)4-8-6/h5-6,8,12H,3-4H2,1-2H3/t5-,6+/m0/s1. The predicted octanol–water partition coefficient (Wildman–Crippen LogP) is -0.334. The van der Waals surface area contributed by atoms with Crippen LogP contribution in [-0.4, -0.2) is 43.6 Å². The van der Waals surface area contributed by atoms with Crippen molar-refractivity contribution in [3.8, 4) is 0 Å². The van der Waals surface area contributed by atoms with Gasteiger partial charge in [0.25, 0.3) is 0 Å². The number of amides is 1. The molecule has 5 heteroatoms. The number of likely N-dealkylation sites (N-methyl/N-ethyl adjacent to an activating group) is 1. The summed E-state index contributed by atoms with van der Waals surface area (Å²) in [6.07, 6.45) is 0.766. The Bertz CT molecular complexity index is 175. The third kappa shape index (κ3) is 2.12. The monoisotopic (exact) mass is 190 g/mol. The molecule has 0 aromatic heterocycles. The lowest BCUT2D eigenvalue weighted by Gasteiger charge is -2.15. The van der Waals surface area contributed by atoms with Crippen molar-refractivity contribution in [1.82, 2.24) is 10.2 Å². The van der Waals surface area contributed by atoms with E-state index in [-0.39, 0.29) is 18.1 Å². The Morgan fingerprint density at radius 2 is 2.33 bits per heavy atom. The van der Waals surface area contributed by atoms with Gasteiger partial charge >= 0.3 is 0 Å². The highest BCUT2D eigenvalue weighted by Crippen LogP contribution is 2.12. The lowest BCUT2D eigenvalue weighted by Crippen LogP contribution is -2.39. The topological polar surface area (TPSA) is 41.6 Å². The number of hydrogen-bond donors (Lipinski definition) is 2. The first kappa shape index (κ1) is 9.83. The van der Waals surface area contributed by atoms with Gasteiger partial charge < -0.3 is 14.4 Å². The predicted molar refractivity (Wildman–Crippen MR) is 49.0 cm³/mol. The van der Waals surface area contributed by atoms with Crippen molar-refractivity contribution in [1.29, 1.82) is 0 Å². The number of carbonyl (C=O) groups excluding carboxylic acids is 1. The largest absolute Gasteiger partial charge is 0.347 e. The summed E-state index contributed by atoms with van der Waals surface area (Å²) >= 11 is 3.71. The van der Waals surface area contributed by atoms with E-state index in [0.29, 0.717) is 13.0 Å². The Kier molecular flexibility index (Phi) is 3.37. The van der Waals surface area contributed by atoms with Gasteiger partial charge in [-0.25, -0.2) is 0 Å². The van der Waals surface area contributed by atoms with E-state index in [0.717, 1.165) is 0 Å². The van der Waals surface area contributed by atoms with Gasteiger partial charge in [0.15, 0.2) is 0 Å². The lowest BCUT2D eigenvalue weighted by atomic mass is 10.2. The van der Waals surface area contributed by atoms with Crippen molar-refractivity contribution in [3.05, 3.63) is 0 Å². The zero-order valence-corrected chi connectivity index (χ0v) is 8.17. The van der Waals surface area contributed by atoms with Gasteiger partial charge in [0.05, 0.1) is 12.1 Å². The van der Waals surface area contributed by atoms with Crippen molar-refractivity contribution in [3.63, 3.8) is 0 Å². The minimum absolute atomic E-state index is 0.0576. The van der Waals surface area contributed by atoms with Gasteiger partial charge in [0, 0.05) is 27.1 Å². The highest BCUT2D eigenvalue weighted by Gasteiger charge is 2.30. The normalized spacial score (nSPS) is 28.9. The quantitative estimate of drug-likeness (QED) is 0.462. The van der Waals surface area contributed by atoms with E-state index in [1.165, 1.54) is 0 Å². The second-order valence-electron chi connectivity index (χ2n) is 3.16. The molecule has 0 spiro atoms. The maximum atomic E-state index is 11.4. The van der Waals surface area contributed by atoms with E-state index in [9.17, 15) is 4.79 Å². The highest BCUT2D eigenvalue weighted by molar-refractivity contribution is 7.75. The molecule has 0 aromatic carbocycles. The Hall–Kier alpha value is -0.260. The molecule has 1 amide bonds. The fourth-order valence-corrected chi connectivity index (χ4v) is 1.44. The maximum absolute atomic E-state index is 11.4. The van der Waals surface area contributed by atoms with Gasteiger partial charge in [0.2, 0.25) is 5.91 Å². The van der Waals surface area contributed by atoms with Crippen LogP contribution in [0.25, 0.3) is 0 Å². The number of nitrogens with zero attached hydrogens (tertiary/aromatic N) is 1. The first-order valence-electron chi connectivity index (χ1n) is 3.90. The Morgan fingerprint density at radius 1 is 1.67 bits per heavy atom. The molecule has 1 fully saturated rings. The molecule has 0 bridgehead atoms. The molecular formula is C7H14N2O2S. The first-order chi connectivity index (χ1) is 5.65.